The highest BCUT2D eigenvalue weighted by molar-refractivity contribution is 7.89. The van der Waals surface area contributed by atoms with Gasteiger partial charge in [0, 0.05) is 36.8 Å². The van der Waals surface area contributed by atoms with E-state index < -0.39 is 22.2 Å². The molecule has 2 aromatic carbocycles. The van der Waals surface area contributed by atoms with Crippen LogP contribution in [-0.4, -0.2) is 79.6 Å². The highest BCUT2D eigenvalue weighted by atomic mass is 32.2. The van der Waals surface area contributed by atoms with Crippen molar-refractivity contribution in [1.82, 2.24) is 14.5 Å². The highest BCUT2D eigenvalue weighted by Crippen LogP contribution is 2.30. The monoisotopic (exact) mass is 560 g/mol. The molecule has 1 aliphatic rings. The lowest BCUT2D eigenvalue weighted by atomic mass is 10.0. The maximum absolute atomic E-state index is 13.4. The number of likely N-dealkylation sites (N-methyl/N-ethyl adjacent to an activating group) is 1. The molecule has 10 nitrogen and oxygen atoms in total. The number of anilines is 1. The third-order valence-corrected chi connectivity index (χ3v) is 8.60. The zero-order valence-electron chi connectivity index (χ0n) is 23.5. The van der Waals surface area contributed by atoms with Gasteiger partial charge in [-0.05, 0) is 58.0 Å². The average Bonchev–Trinajstić information content (AvgIpc) is 2.91. The number of amides is 3. The van der Waals surface area contributed by atoms with Crippen LogP contribution in [0.25, 0.3) is 0 Å². The highest BCUT2D eigenvalue weighted by Gasteiger charge is 2.33. The Morgan fingerprint density at radius 2 is 1.85 bits per heavy atom. The zero-order valence-corrected chi connectivity index (χ0v) is 24.3. The van der Waals surface area contributed by atoms with Gasteiger partial charge in [0.05, 0.1) is 30.5 Å². The standard InChI is InChI=1S/C28H40N4O6S/c1-18(2)29-28(35)30-23-9-12-25-22(13-23)14-27(34)32(21(5)17-33)15-20(4)26(38-25)16-31(6)39(36,37)24-10-7-19(3)8-11-24/h7-13,18,20-21,26,33H,14-17H2,1-6H3,(H2,29,30,35)/t20-,21+,26+/m1/s1. The molecule has 3 atom stereocenters. The summed E-state index contributed by atoms with van der Waals surface area (Å²) in [5.74, 6) is -0.0212. The number of aliphatic hydroxyl groups is 1. The Morgan fingerprint density at radius 3 is 2.46 bits per heavy atom. The van der Waals surface area contributed by atoms with Crippen molar-refractivity contribution < 1.29 is 27.9 Å². The molecule has 3 amide bonds. The second-order valence-electron chi connectivity index (χ2n) is 10.6. The molecule has 0 saturated heterocycles. The minimum Gasteiger partial charge on any atom is -0.488 e. The third kappa shape index (κ3) is 7.71. The molecule has 2 aromatic rings. The van der Waals surface area contributed by atoms with Crippen LogP contribution >= 0.6 is 0 Å². The smallest absolute Gasteiger partial charge is 0.319 e. The van der Waals surface area contributed by atoms with E-state index in [1.54, 1.807) is 54.3 Å². The molecular weight excluding hydrogens is 520 g/mol. The number of fused-ring (bicyclic) bond motifs is 1. The number of nitrogens with one attached hydrogen (secondary N) is 2. The molecule has 0 radical (unpaired) electrons. The zero-order chi connectivity index (χ0) is 28.9. The number of hydrogen-bond donors (Lipinski definition) is 3. The molecule has 11 heteroatoms. The number of rotatable bonds is 8. The molecule has 3 rings (SSSR count). The van der Waals surface area contributed by atoms with Crippen LogP contribution in [0.2, 0.25) is 0 Å². The van der Waals surface area contributed by atoms with E-state index in [9.17, 15) is 23.1 Å². The van der Waals surface area contributed by atoms with Gasteiger partial charge in [-0.1, -0.05) is 24.6 Å². The van der Waals surface area contributed by atoms with Crippen LogP contribution in [0.3, 0.4) is 0 Å². The summed E-state index contributed by atoms with van der Waals surface area (Å²) in [5.41, 5.74) is 2.01. The Kier molecular flexibility index (Phi) is 9.98. The molecule has 0 spiro atoms. The maximum atomic E-state index is 13.4. The molecule has 0 aliphatic carbocycles. The van der Waals surface area contributed by atoms with Crippen molar-refractivity contribution in [3.05, 3.63) is 53.6 Å². The summed E-state index contributed by atoms with van der Waals surface area (Å²) in [6.45, 7) is 9.37. The van der Waals surface area contributed by atoms with E-state index in [1.807, 2.05) is 27.7 Å². The molecule has 39 heavy (non-hydrogen) atoms. The first-order valence-corrected chi connectivity index (χ1v) is 14.6. The Bertz CT molecular complexity index is 1270. The molecule has 0 saturated carbocycles. The third-order valence-electron chi connectivity index (χ3n) is 6.76. The number of aliphatic hydroxyl groups excluding tert-OH is 1. The Balaban J connectivity index is 1.95. The molecule has 3 N–H and O–H groups in total. The van der Waals surface area contributed by atoms with Crippen LogP contribution in [0.15, 0.2) is 47.4 Å². The van der Waals surface area contributed by atoms with Crippen LogP contribution in [0.5, 0.6) is 5.75 Å². The average molecular weight is 561 g/mol. The van der Waals surface area contributed by atoms with E-state index in [0.717, 1.165) is 5.56 Å². The van der Waals surface area contributed by atoms with Crippen LogP contribution in [0, 0.1) is 12.8 Å². The number of urea groups is 1. The van der Waals surface area contributed by atoms with Crippen LogP contribution in [-0.2, 0) is 21.2 Å². The normalized spacial score (nSPS) is 19.0. The first-order valence-electron chi connectivity index (χ1n) is 13.1. The fraction of sp³-hybridized carbons (Fsp3) is 0.500. The van der Waals surface area contributed by atoms with E-state index >= 15 is 0 Å². The summed E-state index contributed by atoms with van der Waals surface area (Å²) in [6.07, 6.45) is -0.603. The lowest BCUT2D eigenvalue weighted by Gasteiger charge is -2.33. The van der Waals surface area contributed by atoms with E-state index in [-0.39, 0.29) is 54.9 Å². The van der Waals surface area contributed by atoms with Gasteiger partial charge in [-0.25, -0.2) is 13.2 Å². The lowest BCUT2D eigenvalue weighted by molar-refractivity contribution is -0.134. The van der Waals surface area contributed by atoms with E-state index in [0.29, 0.717) is 17.0 Å². The first-order chi connectivity index (χ1) is 18.3. The molecule has 0 fully saturated rings. The molecule has 1 heterocycles. The van der Waals surface area contributed by atoms with Gasteiger partial charge in [0.1, 0.15) is 11.9 Å². The summed E-state index contributed by atoms with van der Waals surface area (Å²) < 4.78 is 34.3. The SMILES string of the molecule is Cc1ccc(S(=O)(=O)N(C)C[C@@H]2Oc3ccc(NC(=O)NC(C)C)cc3CC(=O)N([C@@H](C)CO)C[C@H]2C)cc1. The van der Waals surface area contributed by atoms with Gasteiger partial charge in [0.15, 0.2) is 0 Å². The summed E-state index contributed by atoms with van der Waals surface area (Å²) in [4.78, 5) is 27.4. The molecule has 0 unspecified atom stereocenters. The minimum atomic E-state index is -3.78. The second-order valence-corrected chi connectivity index (χ2v) is 12.6. The number of benzene rings is 2. The topological polar surface area (TPSA) is 128 Å². The van der Waals surface area contributed by atoms with Crippen molar-refractivity contribution >= 4 is 27.6 Å². The summed E-state index contributed by atoms with van der Waals surface area (Å²) >= 11 is 0. The van der Waals surface area contributed by atoms with Crippen molar-refractivity contribution in [3.8, 4) is 5.75 Å². The fourth-order valence-corrected chi connectivity index (χ4v) is 5.58. The van der Waals surface area contributed by atoms with Gasteiger partial charge in [0.25, 0.3) is 0 Å². The number of carbonyl (C=O) groups excluding carboxylic acids is 2. The van der Waals surface area contributed by atoms with E-state index in [4.69, 9.17) is 4.74 Å². The van der Waals surface area contributed by atoms with Crippen molar-refractivity contribution in [2.45, 2.75) is 64.1 Å². The predicted molar refractivity (Wildman–Crippen MR) is 150 cm³/mol. The molecule has 1 aliphatic heterocycles. The fourth-order valence-electron chi connectivity index (χ4n) is 4.40. The first kappa shape index (κ1) is 30.4. The van der Waals surface area contributed by atoms with Gasteiger partial charge in [-0.15, -0.1) is 0 Å². The molecule has 214 valence electrons. The van der Waals surface area contributed by atoms with Gasteiger partial charge in [0.2, 0.25) is 15.9 Å². The number of ether oxygens (including phenoxy) is 1. The molecular formula is C28H40N4O6S. The predicted octanol–water partition coefficient (Wildman–Crippen LogP) is 2.99. The van der Waals surface area contributed by atoms with Gasteiger partial charge < -0.3 is 25.4 Å². The summed E-state index contributed by atoms with van der Waals surface area (Å²) in [7, 11) is -2.27. The Labute approximate surface area is 231 Å². The number of carbonyl (C=O) groups is 2. The summed E-state index contributed by atoms with van der Waals surface area (Å²) in [6, 6.07) is 10.9. The van der Waals surface area contributed by atoms with Gasteiger partial charge in [-0.3, -0.25) is 4.79 Å². The quantitative estimate of drug-likeness (QED) is 0.455. The van der Waals surface area contributed by atoms with Crippen molar-refractivity contribution in [2.24, 2.45) is 5.92 Å². The molecule has 0 bridgehead atoms. The summed E-state index contributed by atoms with van der Waals surface area (Å²) in [5, 5.41) is 15.4. The van der Waals surface area contributed by atoms with Crippen LogP contribution in [0.4, 0.5) is 10.5 Å². The van der Waals surface area contributed by atoms with Crippen molar-refractivity contribution in [2.75, 3.05) is 32.1 Å². The number of aryl methyl sites for hydroxylation is 1. The number of hydrogen-bond acceptors (Lipinski definition) is 6. The van der Waals surface area contributed by atoms with Crippen molar-refractivity contribution in [3.63, 3.8) is 0 Å². The van der Waals surface area contributed by atoms with Gasteiger partial charge >= 0.3 is 6.03 Å². The van der Waals surface area contributed by atoms with Crippen molar-refractivity contribution in [1.29, 1.82) is 0 Å². The lowest BCUT2D eigenvalue weighted by Crippen LogP contribution is -2.48. The number of nitrogens with zero attached hydrogens (tertiary/aromatic N) is 2. The van der Waals surface area contributed by atoms with Crippen LogP contribution in [0.1, 0.15) is 38.8 Å². The Morgan fingerprint density at radius 1 is 1.18 bits per heavy atom. The maximum Gasteiger partial charge on any atom is 0.319 e. The van der Waals surface area contributed by atoms with E-state index in [2.05, 4.69) is 10.6 Å². The van der Waals surface area contributed by atoms with Gasteiger partial charge in [-0.2, -0.15) is 4.31 Å². The van der Waals surface area contributed by atoms with E-state index in [1.165, 1.54) is 11.4 Å². The Hall–Kier alpha value is -3.15. The largest absolute Gasteiger partial charge is 0.488 e. The second kappa shape index (κ2) is 12.8. The van der Waals surface area contributed by atoms with Crippen LogP contribution < -0.4 is 15.4 Å². The number of sulfonamides is 1. The minimum absolute atomic E-state index is 0.00205. The molecule has 0 aromatic heterocycles.